The van der Waals surface area contributed by atoms with E-state index in [0.717, 1.165) is 12.1 Å². The largest absolute Gasteiger partial charge is 0.404 e. The van der Waals surface area contributed by atoms with E-state index in [1.165, 1.54) is 18.2 Å². The van der Waals surface area contributed by atoms with Gasteiger partial charge in [0, 0.05) is 5.18 Å². The van der Waals surface area contributed by atoms with E-state index < -0.39 is 18.0 Å². The molecule has 1 aromatic rings. The molecule has 0 saturated heterocycles. The Balaban J connectivity index is 3.13. The Hall–Kier alpha value is -1.72. The van der Waals surface area contributed by atoms with Gasteiger partial charge in [-0.1, -0.05) is 30.3 Å². The summed E-state index contributed by atoms with van der Waals surface area (Å²) in [7, 11) is 0. The Morgan fingerprint density at radius 2 is 1.73 bits per heavy atom. The van der Waals surface area contributed by atoms with E-state index in [9.17, 15) is 22.9 Å². The quantitative estimate of drug-likeness (QED) is 0.715. The number of halogens is 3. The fourth-order valence-corrected chi connectivity index (χ4v) is 1.17. The first-order chi connectivity index (χ1) is 6.96. The zero-order valence-electron chi connectivity index (χ0n) is 7.36. The molecule has 0 fully saturated rings. The first-order valence-electron chi connectivity index (χ1n) is 3.95. The van der Waals surface area contributed by atoms with Crippen molar-refractivity contribution >= 4 is 5.91 Å². The molecule has 0 aromatic heterocycles. The highest BCUT2D eigenvalue weighted by Gasteiger charge is 2.46. The van der Waals surface area contributed by atoms with Gasteiger partial charge in [-0.3, -0.25) is 4.79 Å². The molecule has 0 aliphatic carbocycles. The molecule has 0 radical (unpaired) electrons. The topological polar surface area (TPSA) is 46.5 Å². The molecule has 0 spiro atoms. The first kappa shape index (κ1) is 11.4. The van der Waals surface area contributed by atoms with Crippen molar-refractivity contribution in [3.05, 3.63) is 40.8 Å². The Morgan fingerprint density at radius 1 is 1.20 bits per heavy atom. The molecule has 0 aliphatic rings. The molecule has 1 atom stereocenters. The Kier molecular flexibility index (Phi) is 3.18. The number of rotatable bonds is 2. The van der Waals surface area contributed by atoms with Crippen molar-refractivity contribution in [2.24, 2.45) is 5.18 Å². The van der Waals surface area contributed by atoms with Gasteiger partial charge in [-0.05, 0) is 5.56 Å². The normalized spacial score (nSPS) is 13.3. The van der Waals surface area contributed by atoms with Gasteiger partial charge < -0.3 is 0 Å². The molecule has 1 aromatic carbocycles. The van der Waals surface area contributed by atoms with E-state index in [4.69, 9.17) is 0 Å². The second kappa shape index (κ2) is 4.20. The van der Waals surface area contributed by atoms with Gasteiger partial charge in [-0.2, -0.15) is 13.2 Å². The smallest absolute Gasteiger partial charge is 0.268 e. The van der Waals surface area contributed by atoms with Crippen molar-refractivity contribution in [2.45, 2.75) is 12.1 Å². The van der Waals surface area contributed by atoms with Crippen LogP contribution in [-0.4, -0.2) is 12.1 Å². The van der Waals surface area contributed by atoms with Crippen LogP contribution >= 0.6 is 0 Å². The summed E-state index contributed by atoms with van der Waals surface area (Å²) in [6.07, 6.45) is -4.80. The van der Waals surface area contributed by atoms with E-state index in [1.54, 1.807) is 0 Å². The Morgan fingerprint density at radius 3 is 2.13 bits per heavy atom. The lowest BCUT2D eigenvalue weighted by atomic mass is 9.98. The van der Waals surface area contributed by atoms with Crippen LogP contribution in [0.25, 0.3) is 0 Å². The van der Waals surface area contributed by atoms with E-state index >= 15 is 0 Å². The highest BCUT2D eigenvalue weighted by atomic mass is 19.4. The number of benzene rings is 1. The van der Waals surface area contributed by atoms with Gasteiger partial charge in [0.05, 0.1) is 0 Å². The molecule has 0 unspecified atom stereocenters. The minimum absolute atomic E-state index is 0.283. The monoisotopic (exact) mass is 217 g/mol. The van der Waals surface area contributed by atoms with Gasteiger partial charge in [-0.25, -0.2) is 0 Å². The van der Waals surface area contributed by atoms with Crippen LogP contribution in [0, 0.1) is 4.91 Å². The molecule has 0 N–H and O–H groups in total. The number of nitrogens with zero attached hydrogens (tertiary/aromatic N) is 1. The highest BCUT2D eigenvalue weighted by molar-refractivity contribution is 5.85. The van der Waals surface area contributed by atoms with Gasteiger partial charge >= 0.3 is 12.1 Å². The van der Waals surface area contributed by atoms with Gasteiger partial charge in [0.2, 0.25) is 0 Å². The molecule has 15 heavy (non-hydrogen) atoms. The number of carbonyl (C=O) groups excluding carboxylic acids is 1. The van der Waals surface area contributed by atoms with E-state index in [1.807, 2.05) is 5.18 Å². The van der Waals surface area contributed by atoms with Crippen LogP contribution in [0.5, 0.6) is 0 Å². The van der Waals surface area contributed by atoms with Crippen LogP contribution in [0.2, 0.25) is 0 Å². The maximum absolute atomic E-state index is 12.4. The predicted octanol–water partition coefficient (Wildman–Crippen LogP) is 2.63. The summed E-state index contributed by atoms with van der Waals surface area (Å²) in [4.78, 5) is 20.6. The van der Waals surface area contributed by atoms with Crippen LogP contribution < -0.4 is 0 Å². The Labute approximate surface area is 82.9 Å². The zero-order valence-corrected chi connectivity index (χ0v) is 7.36. The maximum Gasteiger partial charge on any atom is 0.404 e. The van der Waals surface area contributed by atoms with Gasteiger partial charge in [0.15, 0.2) is 5.92 Å². The van der Waals surface area contributed by atoms with Crippen LogP contribution in [0.15, 0.2) is 35.5 Å². The Bertz CT molecular complexity index is 361. The standard InChI is InChI=1S/C9H6F3NO2/c10-9(11,12)7(8(14)13-15)6-4-2-1-3-5-6/h1-5,7H/t7-/m1/s1. The number of carbonyl (C=O) groups is 1. The van der Waals surface area contributed by atoms with Crippen molar-refractivity contribution in [2.75, 3.05) is 0 Å². The first-order valence-corrected chi connectivity index (χ1v) is 3.95. The number of hydrogen-bond donors (Lipinski definition) is 0. The third kappa shape index (κ3) is 2.61. The SMILES string of the molecule is O=NC(=O)[C@@H](c1ccccc1)C(F)(F)F. The summed E-state index contributed by atoms with van der Waals surface area (Å²) in [5, 5.41) is 1.82. The van der Waals surface area contributed by atoms with Crippen LogP contribution in [-0.2, 0) is 4.79 Å². The molecule has 80 valence electrons. The summed E-state index contributed by atoms with van der Waals surface area (Å²) in [6, 6.07) is 6.47. The van der Waals surface area contributed by atoms with Crippen molar-refractivity contribution in [1.82, 2.24) is 0 Å². The van der Waals surface area contributed by atoms with E-state index in [-0.39, 0.29) is 5.56 Å². The summed E-state index contributed by atoms with van der Waals surface area (Å²) in [6.45, 7) is 0. The lowest BCUT2D eigenvalue weighted by Gasteiger charge is -2.15. The van der Waals surface area contributed by atoms with Crippen molar-refractivity contribution in [3.8, 4) is 0 Å². The fourth-order valence-electron chi connectivity index (χ4n) is 1.17. The van der Waals surface area contributed by atoms with Gasteiger partial charge in [0.1, 0.15) is 0 Å². The molecule has 1 rings (SSSR count). The molecule has 3 nitrogen and oxygen atoms in total. The number of hydrogen-bond acceptors (Lipinski definition) is 2. The molecule has 0 heterocycles. The van der Waals surface area contributed by atoms with Gasteiger partial charge in [-0.15, -0.1) is 4.91 Å². The molecule has 1 amide bonds. The fraction of sp³-hybridized carbons (Fsp3) is 0.222. The molecular weight excluding hydrogens is 211 g/mol. The van der Waals surface area contributed by atoms with E-state index in [2.05, 4.69) is 0 Å². The summed E-state index contributed by atoms with van der Waals surface area (Å²) in [5.74, 6) is -4.19. The molecule has 6 heteroatoms. The molecular formula is C9H6F3NO2. The number of nitroso groups, excluding NO2 is 1. The average Bonchev–Trinajstić information content (AvgIpc) is 2.17. The third-order valence-corrected chi connectivity index (χ3v) is 1.80. The van der Waals surface area contributed by atoms with Crippen molar-refractivity contribution < 1.29 is 18.0 Å². The minimum atomic E-state index is -4.80. The van der Waals surface area contributed by atoms with Gasteiger partial charge in [0.25, 0.3) is 0 Å². The third-order valence-electron chi connectivity index (χ3n) is 1.80. The summed E-state index contributed by atoms with van der Waals surface area (Å²) >= 11 is 0. The number of alkyl halides is 3. The minimum Gasteiger partial charge on any atom is -0.268 e. The lowest BCUT2D eigenvalue weighted by Crippen LogP contribution is -2.27. The second-order valence-corrected chi connectivity index (χ2v) is 2.81. The van der Waals surface area contributed by atoms with E-state index in [0.29, 0.717) is 0 Å². The summed E-state index contributed by atoms with van der Waals surface area (Å²) in [5.41, 5.74) is -0.283. The van der Waals surface area contributed by atoms with Crippen LogP contribution in [0.4, 0.5) is 13.2 Å². The van der Waals surface area contributed by atoms with Crippen LogP contribution in [0.3, 0.4) is 0 Å². The maximum atomic E-state index is 12.4. The molecule has 0 bridgehead atoms. The summed E-state index contributed by atoms with van der Waals surface area (Å²) < 4.78 is 37.3. The molecule has 0 saturated carbocycles. The van der Waals surface area contributed by atoms with Crippen molar-refractivity contribution in [1.29, 1.82) is 0 Å². The zero-order chi connectivity index (χ0) is 11.5. The number of amides is 1. The highest BCUT2D eigenvalue weighted by Crippen LogP contribution is 2.35. The predicted molar refractivity (Wildman–Crippen MR) is 46.0 cm³/mol. The lowest BCUT2D eigenvalue weighted by molar-refractivity contribution is -0.162. The average molecular weight is 217 g/mol. The van der Waals surface area contributed by atoms with Crippen LogP contribution in [0.1, 0.15) is 11.5 Å². The molecule has 0 aliphatic heterocycles. The van der Waals surface area contributed by atoms with Crippen molar-refractivity contribution in [3.63, 3.8) is 0 Å². The second-order valence-electron chi connectivity index (χ2n) is 2.81.